The molecule has 3 unspecified atom stereocenters. The van der Waals surface area contributed by atoms with Crippen LogP contribution < -0.4 is 0 Å². The summed E-state index contributed by atoms with van der Waals surface area (Å²) in [4.78, 5) is 26.6. The van der Waals surface area contributed by atoms with E-state index in [2.05, 4.69) is 126 Å². The third-order valence-electron chi connectivity index (χ3n) is 10.9. The fourth-order valence-corrected chi connectivity index (χ4v) is 7.50. The highest BCUT2D eigenvalue weighted by atomic mass is 16.1. The first-order valence-electron chi connectivity index (χ1n) is 19.4. The van der Waals surface area contributed by atoms with Gasteiger partial charge in [-0.3, -0.25) is 9.59 Å². The smallest absolute Gasteiger partial charge is 0.193 e. The van der Waals surface area contributed by atoms with Gasteiger partial charge in [-0.15, -0.1) is 0 Å². The van der Waals surface area contributed by atoms with Crippen molar-refractivity contribution < 1.29 is 9.59 Å². The van der Waals surface area contributed by atoms with E-state index in [-0.39, 0.29) is 29.3 Å². The highest BCUT2D eigenvalue weighted by molar-refractivity contribution is 6.10. The normalized spacial score (nSPS) is 17.8. The van der Waals surface area contributed by atoms with Gasteiger partial charge in [-0.2, -0.15) is 0 Å². The molecule has 0 N–H and O–H groups in total. The quantitative estimate of drug-likeness (QED) is 0.108. The molecule has 6 rings (SSSR count). The Labute approximate surface area is 322 Å². The van der Waals surface area contributed by atoms with Crippen LogP contribution in [0, 0.1) is 32.6 Å². The Bertz CT molecular complexity index is 2230. The summed E-state index contributed by atoms with van der Waals surface area (Å²) in [5, 5.41) is 0. The van der Waals surface area contributed by atoms with Gasteiger partial charge in [0, 0.05) is 23.5 Å². The van der Waals surface area contributed by atoms with Crippen LogP contribution in [0.4, 0.5) is 0 Å². The molecule has 2 heteroatoms. The Hall–Kier alpha value is -5.60. The van der Waals surface area contributed by atoms with E-state index in [0.717, 1.165) is 45.4 Å². The number of aryl methyl sites for hydroxylation is 3. The number of carbonyl (C=O) groups excluding carboxylic acids is 2. The Morgan fingerprint density at radius 3 is 2.24 bits per heavy atom. The van der Waals surface area contributed by atoms with Crippen molar-refractivity contribution in [2.24, 2.45) is 11.8 Å². The topological polar surface area (TPSA) is 34.1 Å². The van der Waals surface area contributed by atoms with Gasteiger partial charge in [0.15, 0.2) is 5.78 Å². The molecule has 0 radical (unpaired) electrons. The van der Waals surface area contributed by atoms with E-state index in [1.165, 1.54) is 27.8 Å². The molecule has 2 nitrogen and oxygen atoms in total. The van der Waals surface area contributed by atoms with Gasteiger partial charge in [-0.25, -0.2) is 0 Å². The zero-order chi connectivity index (χ0) is 38.2. The fraction of sp³-hybridized carbons (Fsp3) is 0.231. The lowest BCUT2D eigenvalue weighted by Crippen LogP contribution is -2.13. The van der Waals surface area contributed by atoms with Crippen LogP contribution >= 0.6 is 0 Å². The molecule has 272 valence electrons. The molecular weight excluding hydrogens is 657 g/mol. The third kappa shape index (κ3) is 8.95. The van der Waals surface area contributed by atoms with Crippen LogP contribution in [0.25, 0.3) is 11.1 Å². The van der Waals surface area contributed by atoms with Gasteiger partial charge in [-0.1, -0.05) is 179 Å². The average Bonchev–Trinajstić information content (AvgIpc) is 3.47. The lowest BCUT2D eigenvalue weighted by molar-refractivity contribution is -0.119. The zero-order valence-electron chi connectivity index (χ0n) is 32.6. The molecule has 0 bridgehead atoms. The molecule has 3 atom stereocenters. The molecule has 0 heterocycles. The summed E-state index contributed by atoms with van der Waals surface area (Å²) in [6.45, 7) is 12.8. The van der Waals surface area contributed by atoms with Gasteiger partial charge in [0.05, 0.1) is 5.92 Å². The predicted molar refractivity (Wildman–Crippen MR) is 228 cm³/mol. The van der Waals surface area contributed by atoms with Crippen LogP contribution in [-0.4, -0.2) is 11.6 Å². The number of ketones is 2. The highest BCUT2D eigenvalue weighted by Crippen LogP contribution is 2.37. The Balaban J connectivity index is 1.22. The molecular formula is C52H52O2. The van der Waals surface area contributed by atoms with Crippen LogP contribution in [0.15, 0.2) is 158 Å². The van der Waals surface area contributed by atoms with Gasteiger partial charge in [0.1, 0.15) is 5.78 Å². The summed E-state index contributed by atoms with van der Waals surface area (Å²) in [7, 11) is 0. The standard InChI is InChI=1S/C52H52O2/c1-7-8-17-43(45-26-25-42(38(5)30-45)34-51(53)40-18-11-9-10-12-19-40)29-37(4)41-20-15-21-44(32-41)46-24-23-36(3)50(33-46)47-27-28-49(39(6)31-47)52(54)48-22-14-13-16-35(48)2/h8-33,36-37,40,50H,7,34H2,1-6H3/b17-8-,43-29+. The average molecular weight is 709 g/mol. The summed E-state index contributed by atoms with van der Waals surface area (Å²) in [5.41, 5.74) is 13.0. The summed E-state index contributed by atoms with van der Waals surface area (Å²) < 4.78 is 0. The van der Waals surface area contributed by atoms with Crippen molar-refractivity contribution in [3.8, 4) is 0 Å². The number of hydrogen-bond donors (Lipinski definition) is 0. The zero-order valence-corrected chi connectivity index (χ0v) is 32.6. The SMILES string of the molecule is CC/C=C\C(=C/C(C)c1cccc(C2=CC(c3ccc(C(=O)c4ccccc4C)c(C)c3)C(C)C=C2)c1)c1ccc(CC(=O)C2C=CC=CC=C2)c(C)c1. The van der Waals surface area contributed by atoms with E-state index in [9.17, 15) is 9.59 Å². The molecule has 2 aliphatic carbocycles. The minimum atomic E-state index is -0.190. The third-order valence-corrected chi connectivity index (χ3v) is 10.9. The first kappa shape index (κ1) is 38.1. The summed E-state index contributed by atoms with van der Waals surface area (Å²) in [6.07, 6.45) is 26.9. The number of rotatable bonds is 12. The second-order valence-corrected chi connectivity index (χ2v) is 14.9. The minimum absolute atomic E-state index is 0.0796. The van der Waals surface area contributed by atoms with Crippen molar-refractivity contribution in [2.75, 3.05) is 0 Å². The number of carbonyl (C=O) groups is 2. The largest absolute Gasteiger partial charge is 0.298 e. The number of benzene rings is 4. The van der Waals surface area contributed by atoms with Crippen molar-refractivity contribution in [2.45, 2.75) is 66.2 Å². The lowest BCUT2D eigenvalue weighted by Gasteiger charge is -2.25. The Kier molecular flexibility index (Phi) is 12.3. The maximum atomic E-state index is 13.4. The van der Waals surface area contributed by atoms with Crippen LogP contribution in [0.5, 0.6) is 0 Å². The second kappa shape index (κ2) is 17.5. The van der Waals surface area contributed by atoms with Crippen molar-refractivity contribution in [1.29, 1.82) is 0 Å². The van der Waals surface area contributed by atoms with E-state index in [1.807, 2.05) is 73.7 Å². The molecule has 2 aliphatic rings. The fourth-order valence-electron chi connectivity index (χ4n) is 7.50. The molecule has 4 aromatic carbocycles. The molecule has 0 saturated carbocycles. The van der Waals surface area contributed by atoms with Gasteiger partial charge in [0.25, 0.3) is 0 Å². The first-order chi connectivity index (χ1) is 26.1. The highest BCUT2D eigenvalue weighted by Gasteiger charge is 2.22. The summed E-state index contributed by atoms with van der Waals surface area (Å²) in [5.74, 6) is 0.811. The van der Waals surface area contributed by atoms with Gasteiger partial charge in [0.2, 0.25) is 0 Å². The number of hydrogen-bond acceptors (Lipinski definition) is 2. The van der Waals surface area contributed by atoms with Crippen molar-refractivity contribution in [3.05, 3.63) is 213 Å². The minimum Gasteiger partial charge on any atom is -0.298 e. The van der Waals surface area contributed by atoms with Gasteiger partial charge in [-0.05, 0) is 94.7 Å². The summed E-state index contributed by atoms with van der Waals surface area (Å²) >= 11 is 0. The Morgan fingerprint density at radius 2 is 1.52 bits per heavy atom. The Morgan fingerprint density at radius 1 is 0.759 bits per heavy atom. The van der Waals surface area contributed by atoms with Gasteiger partial charge < -0.3 is 0 Å². The van der Waals surface area contributed by atoms with Crippen LogP contribution in [0.3, 0.4) is 0 Å². The molecule has 0 amide bonds. The van der Waals surface area contributed by atoms with Crippen LogP contribution in [0.1, 0.15) is 99.5 Å². The summed E-state index contributed by atoms with van der Waals surface area (Å²) in [6, 6.07) is 29.6. The van der Waals surface area contributed by atoms with E-state index in [4.69, 9.17) is 0 Å². The maximum absolute atomic E-state index is 13.4. The van der Waals surface area contributed by atoms with Crippen molar-refractivity contribution >= 4 is 22.7 Å². The van der Waals surface area contributed by atoms with E-state index >= 15 is 0 Å². The lowest BCUT2D eigenvalue weighted by atomic mass is 9.79. The van der Waals surface area contributed by atoms with E-state index in [1.54, 1.807) is 0 Å². The number of Topliss-reactive ketones (excluding diaryl/α,β-unsaturated/α-hetero) is 1. The van der Waals surface area contributed by atoms with E-state index < -0.39 is 0 Å². The monoisotopic (exact) mass is 708 g/mol. The molecule has 4 aromatic rings. The molecule has 0 fully saturated rings. The molecule has 54 heavy (non-hydrogen) atoms. The van der Waals surface area contributed by atoms with E-state index in [0.29, 0.717) is 12.3 Å². The molecule has 0 aliphatic heterocycles. The van der Waals surface area contributed by atoms with Crippen molar-refractivity contribution in [1.82, 2.24) is 0 Å². The first-order valence-corrected chi connectivity index (χ1v) is 19.4. The number of allylic oxidation sites excluding steroid dienone is 14. The predicted octanol–water partition coefficient (Wildman–Crippen LogP) is 12.8. The molecule has 0 saturated heterocycles. The maximum Gasteiger partial charge on any atom is 0.193 e. The molecule has 0 spiro atoms. The molecule has 0 aromatic heterocycles. The van der Waals surface area contributed by atoms with Crippen molar-refractivity contribution in [3.63, 3.8) is 0 Å². The van der Waals surface area contributed by atoms with Crippen LogP contribution in [0.2, 0.25) is 0 Å². The second-order valence-electron chi connectivity index (χ2n) is 14.9. The van der Waals surface area contributed by atoms with Crippen LogP contribution in [-0.2, 0) is 11.2 Å². The van der Waals surface area contributed by atoms with Gasteiger partial charge >= 0.3 is 0 Å².